The van der Waals surface area contributed by atoms with Crippen molar-refractivity contribution in [3.63, 3.8) is 0 Å². The molecule has 1 atom stereocenters. The molecule has 152 valence electrons. The molecule has 0 saturated carbocycles. The second-order valence-corrected chi connectivity index (χ2v) is 9.56. The van der Waals surface area contributed by atoms with Gasteiger partial charge in [-0.2, -0.15) is 0 Å². The highest BCUT2D eigenvalue weighted by molar-refractivity contribution is 7.73. The van der Waals surface area contributed by atoms with E-state index in [-0.39, 0.29) is 11.8 Å². The van der Waals surface area contributed by atoms with Crippen molar-refractivity contribution in [2.45, 2.75) is 26.4 Å². The van der Waals surface area contributed by atoms with Crippen LogP contribution < -0.4 is 10.6 Å². The van der Waals surface area contributed by atoms with Gasteiger partial charge in [0, 0.05) is 23.8 Å². The Labute approximate surface area is 182 Å². The summed E-state index contributed by atoms with van der Waals surface area (Å²) in [5.74, 6) is -0.0149. The van der Waals surface area contributed by atoms with E-state index in [0.717, 1.165) is 30.2 Å². The van der Waals surface area contributed by atoms with E-state index in [4.69, 9.17) is 12.2 Å². The lowest BCUT2D eigenvalue weighted by Gasteiger charge is -2.31. The maximum absolute atomic E-state index is 12.5. The number of carbonyl (C=O) groups is 1. The van der Waals surface area contributed by atoms with Crippen molar-refractivity contribution >= 4 is 56.7 Å². The summed E-state index contributed by atoms with van der Waals surface area (Å²) in [4.78, 5) is 18.9. The molecule has 3 aromatic rings. The normalized spacial score (nSPS) is 17.2. The van der Waals surface area contributed by atoms with Crippen LogP contribution in [0, 0.1) is 16.8 Å². The molecule has 1 saturated heterocycles. The van der Waals surface area contributed by atoms with Gasteiger partial charge in [-0.1, -0.05) is 29.0 Å². The van der Waals surface area contributed by atoms with Crippen LogP contribution in [0.3, 0.4) is 0 Å². The molecule has 0 radical (unpaired) electrons. The van der Waals surface area contributed by atoms with Gasteiger partial charge in [0.15, 0.2) is 9.09 Å². The van der Waals surface area contributed by atoms with Crippen LogP contribution >= 0.6 is 34.9 Å². The molecule has 10 heteroatoms. The minimum atomic E-state index is -0.0504. The van der Waals surface area contributed by atoms with Gasteiger partial charge in [-0.05, 0) is 50.7 Å². The summed E-state index contributed by atoms with van der Waals surface area (Å²) in [5, 5.41) is 14.1. The Hall–Kier alpha value is -2.14. The quantitative estimate of drug-likeness (QED) is 0.544. The highest BCUT2D eigenvalue weighted by Gasteiger charge is 2.26. The molecular formula is C19H22N6OS3. The molecule has 1 amide bonds. The second-order valence-electron chi connectivity index (χ2n) is 7.05. The maximum atomic E-state index is 12.5. The molecule has 4 rings (SSSR count). The predicted molar refractivity (Wildman–Crippen MR) is 120 cm³/mol. The number of carbonyl (C=O) groups excluding carboxylic acids is 1. The molecule has 29 heavy (non-hydrogen) atoms. The maximum Gasteiger partial charge on any atom is 0.230 e. The van der Waals surface area contributed by atoms with Crippen LogP contribution in [-0.2, 0) is 11.5 Å². The summed E-state index contributed by atoms with van der Waals surface area (Å²) in [6, 6.07) is 8.17. The van der Waals surface area contributed by atoms with Gasteiger partial charge in [0.2, 0.25) is 11.0 Å². The number of hydrogen-bond donors (Lipinski definition) is 2. The lowest BCUT2D eigenvalue weighted by atomic mass is 9.97. The number of amides is 1. The first-order valence-electron chi connectivity index (χ1n) is 9.41. The fourth-order valence-corrected chi connectivity index (χ4v) is 4.83. The summed E-state index contributed by atoms with van der Waals surface area (Å²) in [6.45, 7) is 4.27. The van der Waals surface area contributed by atoms with Crippen LogP contribution in [0.15, 0.2) is 35.8 Å². The standard InChI is InChI=1S/C19H22N6OS3/c1-13-4-6-15(7-5-13)21-18-23-25(19(27)29-18)12-24-9-2-3-14(11-24)16(26)22-17-20-8-10-28-17/h4-8,10,14H,2-3,9,11-12H2,1H3,(H,21,23)(H,20,22,26). The monoisotopic (exact) mass is 446 g/mol. The Balaban J connectivity index is 1.37. The average Bonchev–Trinajstić information content (AvgIpc) is 3.34. The summed E-state index contributed by atoms with van der Waals surface area (Å²) in [7, 11) is 0. The van der Waals surface area contributed by atoms with Gasteiger partial charge >= 0.3 is 0 Å². The van der Waals surface area contributed by atoms with Crippen molar-refractivity contribution < 1.29 is 4.79 Å². The largest absolute Gasteiger partial charge is 0.330 e. The second kappa shape index (κ2) is 9.12. The third-order valence-corrected chi connectivity index (χ3v) is 6.69. The van der Waals surface area contributed by atoms with Crippen molar-refractivity contribution in [1.82, 2.24) is 19.7 Å². The van der Waals surface area contributed by atoms with Crippen molar-refractivity contribution in [3.8, 4) is 0 Å². The van der Waals surface area contributed by atoms with E-state index in [0.29, 0.717) is 22.3 Å². The molecule has 2 N–H and O–H groups in total. The van der Waals surface area contributed by atoms with Crippen LogP contribution in [0.4, 0.5) is 16.0 Å². The number of anilines is 3. The first-order valence-corrected chi connectivity index (χ1v) is 11.5. The molecule has 1 aromatic carbocycles. The van der Waals surface area contributed by atoms with Crippen LogP contribution in [0.2, 0.25) is 0 Å². The van der Waals surface area contributed by atoms with E-state index < -0.39 is 0 Å². The topological polar surface area (TPSA) is 75.1 Å². The van der Waals surface area contributed by atoms with E-state index >= 15 is 0 Å². The number of benzene rings is 1. The third kappa shape index (κ3) is 5.27. The molecule has 7 nitrogen and oxygen atoms in total. The molecule has 1 fully saturated rings. The number of aryl methyl sites for hydroxylation is 1. The highest BCUT2D eigenvalue weighted by atomic mass is 32.1. The minimum Gasteiger partial charge on any atom is -0.330 e. The molecule has 0 aliphatic carbocycles. The Bertz CT molecular complexity index is 1010. The fraction of sp³-hybridized carbons (Fsp3) is 0.368. The van der Waals surface area contributed by atoms with Crippen LogP contribution in [0.25, 0.3) is 0 Å². The molecular weight excluding hydrogens is 424 g/mol. The van der Waals surface area contributed by atoms with Gasteiger partial charge in [-0.25, -0.2) is 9.67 Å². The zero-order valence-electron chi connectivity index (χ0n) is 16.0. The number of aromatic nitrogens is 3. The first-order chi connectivity index (χ1) is 14.1. The van der Waals surface area contributed by atoms with Gasteiger partial charge in [-0.15, -0.1) is 16.4 Å². The predicted octanol–water partition coefficient (Wildman–Crippen LogP) is 4.49. The van der Waals surface area contributed by atoms with Crippen molar-refractivity contribution in [3.05, 3.63) is 45.4 Å². The van der Waals surface area contributed by atoms with Gasteiger partial charge in [0.1, 0.15) is 0 Å². The summed E-state index contributed by atoms with van der Waals surface area (Å²) >= 11 is 8.39. The van der Waals surface area contributed by atoms with Crippen molar-refractivity contribution in [2.75, 3.05) is 23.7 Å². The van der Waals surface area contributed by atoms with Crippen LogP contribution in [0.5, 0.6) is 0 Å². The molecule has 1 aliphatic heterocycles. The zero-order chi connectivity index (χ0) is 20.2. The molecule has 2 aromatic heterocycles. The Morgan fingerprint density at radius 2 is 2.14 bits per heavy atom. The molecule has 3 heterocycles. The van der Waals surface area contributed by atoms with E-state index in [9.17, 15) is 4.79 Å². The molecule has 1 aliphatic rings. The first kappa shape index (κ1) is 20.1. The van der Waals surface area contributed by atoms with E-state index in [1.165, 1.54) is 28.2 Å². The lowest BCUT2D eigenvalue weighted by molar-refractivity contribution is -0.121. The average molecular weight is 447 g/mol. The Morgan fingerprint density at radius 3 is 2.90 bits per heavy atom. The molecule has 0 bridgehead atoms. The van der Waals surface area contributed by atoms with E-state index in [1.807, 2.05) is 22.2 Å². The summed E-state index contributed by atoms with van der Waals surface area (Å²) < 4.78 is 2.55. The SMILES string of the molecule is Cc1ccc(Nc2nn(CN3CCCC(C(=O)Nc4nccs4)C3)c(=S)s2)cc1. The number of nitrogens with one attached hydrogen (secondary N) is 2. The Kier molecular flexibility index (Phi) is 6.34. The highest BCUT2D eigenvalue weighted by Crippen LogP contribution is 2.23. The van der Waals surface area contributed by atoms with E-state index in [1.54, 1.807) is 6.20 Å². The smallest absolute Gasteiger partial charge is 0.230 e. The van der Waals surface area contributed by atoms with E-state index in [2.05, 4.69) is 44.7 Å². The number of thiazole rings is 1. The van der Waals surface area contributed by atoms with Gasteiger partial charge in [0.05, 0.1) is 12.6 Å². The van der Waals surface area contributed by atoms with Gasteiger partial charge in [-0.3, -0.25) is 9.69 Å². The molecule has 0 spiro atoms. The number of likely N-dealkylation sites (tertiary alicyclic amines) is 1. The lowest BCUT2D eigenvalue weighted by Crippen LogP contribution is -2.41. The number of hydrogen-bond acceptors (Lipinski definition) is 8. The minimum absolute atomic E-state index is 0.0354. The van der Waals surface area contributed by atoms with Crippen molar-refractivity contribution in [2.24, 2.45) is 5.92 Å². The van der Waals surface area contributed by atoms with Gasteiger partial charge in [0.25, 0.3) is 0 Å². The summed E-state index contributed by atoms with van der Waals surface area (Å²) in [5.41, 5.74) is 2.20. The third-order valence-electron chi connectivity index (χ3n) is 4.78. The fourth-order valence-electron chi connectivity index (χ4n) is 3.29. The number of rotatable bonds is 6. The summed E-state index contributed by atoms with van der Waals surface area (Å²) in [6.07, 6.45) is 3.55. The van der Waals surface area contributed by atoms with Gasteiger partial charge < -0.3 is 10.6 Å². The zero-order valence-corrected chi connectivity index (χ0v) is 18.4. The van der Waals surface area contributed by atoms with Crippen LogP contribution in [-0.4, -0.2) is 38.7 Å². The number of piperidine rings is 1. The number of nitrogens with zero attached hydrogens (tertiary/aromatic N) is 4. The van der Waals surface area contributed by atoms with Crippen LogP contribution in [0.1, 0.15) is 18.4 Å². The Morgan fingerprint density at radius 1 is 1.31 bits per heavy atom. The molecule has 1 unspecified atom stereocenters. The van der Waals surface area contributed by atoms with Crippen molar-refractivity contribution in [1.29, 1.82) is 0 Å².